The predicted octanol–water partition coefficient (Wildman–Crippen LogP) is 6.80. The van der Waals surface area contributed by atoms with Crippen molar-refractivity contribution in [2.45, 2.75) is 96.9 Å². The average molecular weight is 733 g/mol. The van der Waals surface area contributed by atoms with E-state index in [2.05, 4.69) is 20.8 Å². The maximum Gasteiger partial charge on any atom is 0.331 e. The standard InChI is InChI=1S/C42H52O11/c1-23(4-13-37(48)49)28-9-10-29-40-30(22-36(47)42(28,29)3)41(2)17-16-27(52-38(50)14-7-24-5-11-31(43)33(45)18-24)20-26(41)21-35(40)53-39(51)15-8-25-6-12-32(44)34(46)19-25/h5-8,11-12,14-15,18-19,23,26-30,35-36,40,43-47H,4,9-10,13,16-17,20-22H2,1-3H3,(H,48,49)/b14-7+,15-8+/t23-,26-,27-,28-,29+,30+,35-,36+,40+,41+,42-/m1/s1. The van der Waals surface area contributed by atoms with Gasteiger partial charge in [-0.15, -0.1) is 0 Å². The van der Waals surface area contributed by atoms with Crippen molar-refractivity contribution in [2.24, 2.45) is 46.3 Å². The first-order chi connectivity index (χ1) is 25.1. The van der Waals surface area contributed by atoms with Crippen molar-refractivity contribution in [3.63, 3.8) is 0 Å². The minimum Gasteiger partial charge on any atom is -0.504 e. The minimum atomic E-state index is -0.829. The Balaban J connectivity index is 1.24. The van der Waals surface area contributed by atoms with E-state index in [1.807, 2.05) is 0 Å². The Morgan fingerprint density at radius 2 is 1.42 bits per heavy atom. The van der Waals surface area contributed by atoms with E-state index in [0.717, 1.165) is 19.3 Å². The molecule has 0 spiro atoms. The average Bonchev–Trinajstić information content (AvgIpc) is 3.47. The number of aliphatic hydroxyl groups excluding tert-OH is 1. The molecular weight excluding hydrogens is 680 g/mol. The van der Waals surface area contributed by atoms with Gasteiger partial charge in [-0.2, -0.15) is 0 Å². The number of phenolic OH excluding ortho intramolecular Hbond substituents is 4. The van der Waals surface area contributed by atoms with Crippen molar-refractivity contribution in [3.8, 4) is 23.0 Å². The summed E-state index contributed by atoms with van der Waals surface area (Å²) in [5, 5.41) is 60.4. The molecule has 0 aliphatic heterocycles. The lowest BCUT2D eigenvalue weighted by atomic mass is 9.43. The van der Waals surface area contributed by atoms with E-state index in [0.29, 0.717) is 43.2 Å². The van der Waals surface area contributed by atoms with Gasteiger partial charge in [-0.25, -0.2) is 9.59 Å². The van der Waals surface area contributed by atoms with E-state index in [1.165, 1.54) is 48.6 Å². The second-order valence-corrected chi connectivity index (χ2v) is 16.4. The van der Waals surface area contributed by atoms with Crippen LogP contribution >= 0.6 is 0 Å². The Labute approximate surface area is 310 Å². The molecule has 286 valence electrons. The Morgan fingerprint density at radius 3 is 2.00 bits per heavy atom. The lowest BCUT2D eigenvalue weighted by Gasteiger charge is -2.64. The summed E-state index contributed by atoms with van der Waals surface area (Å²) in [5.74, 6) is -2.66. The highest BCUT2D eigenvalue weighted by Gasteiger charge is 2.66. The number of carbonyl (C=O) groups excluding carboxylic acids is 2. The Morgan fingerprint density at radius 1 is 0.811 bits per heavy atom. The molecule has 4 aliphatic carbocycles. The fourth-order valence-corrected chi connectivity index (χ4v) is 10.9. The first-order valence-electron chi connectivity index (χ1n) is 18.8. The monoisotopic (exact) mass is 732 g/mol. The summed E-state index contributed by atoms with van der Waals surface area (Å²) in [7, 11) is 0. The second kappa shape index (κ2) is 15.1. The number of aliphatic carboxylic acids is 1. The van der Waals surface area contributed by atoms with Crippen LogP contribution in [0.3, 0.4) is 0 Å². The van der Waals surface area contributed by atoms with Gasteiger partial charge in [-0.05, 0) is 139 Å². The van der Waals surface area contributed by atoms with Crippen molar-refractivity contribution in [1.29, 1.82) is 0 Å². The summed E-state index contributed by atoms with van der Waals surface area (Å²) in [5.41, 5.74) is 0.368. The summed E-state index contributed by atoms with van der Waals surface area (Å²) in [6, 6.07) is 8.53. The first kappa shape index (κ1) is 38.2. The summed E-state index contributed by atoms with van der Waals surface area (Å²) in [4.78, 5) is 37.9. The van der Waals surface area contributed by atoms with Crippen molar-refractivity contribution < 1.29 is 54.5 Å². The molecule has 0 heterocycles. The van der Waals surface area contributed by atoms with Crippen LogP contribution in [0, 0.1) is 46.3 Å². The lowest BCUT2D eigenvalue weighted by Crippen LogP contribution is -2.63. The molecule has 2 aromatic carbocycles. The Kier molecular flexibility index (Phi) is 10.9. The molecule has 0 bridgehead atoms. The van der Waals surface area contributed by atoms with E-state index in [4.69, 9.17) is 9.47 Å². The highest BCUT2D eigenvalue weighted by atomic mass is 16.5. The van der Waals surface area contributed by atoms with E-state index in [1.54, 1.807) is 12.1 Å². The molecular formula is C42H52O11. The summed E-state index contributed by atoms with van der Waals surface area (Å²) < 4.78 is 12.3. The van der Waals surface area contributed by atoms with Crippen LogP contribution in [0.1, 0.15) is 89.7 Å². The quantitative estimate of drug-likeness (QED) is 0.0856. The van der Waals surface area contributed by atoms with Crippen molar-refractivity contribution in [3.05, 3.63) is 59.7 Å². The highest BCUT2D eigenvalue weighted by molar-refractivity contribution is 5.88. The van der Waals surface area contributed by atoms with Crippen LogP contribution in [0.15, 0.2) is 48.6 Å². The maximum atomic E-state index is 13.5. The minimum absolute atomic E-state index is 0.0276. The molecule has 11 heteroatoms. The third-order valence-corrected chi connectivity index (χ3v) is 13.7. The van der Waals surface area contributed by atoms with Gasteiger partial charge in [0.25, 0.3) is 0 Å². The van der Waals surface area contributed by atoms with Crippen molar-refractivity contribution >= 4 is 30.1 Å². The zero-order chi connectivity index (χ0) is 38.2. The maximum absolute atomic E-state index is 13.5. The van der Waals surface area contributed by atoms with Gasteiger partial charge in [0.05, 0.1) is 6.10 Å². The number of fused-ring (bicyclic) bond motifs is 5. The van der Waals surface area contributed by atoms with Gasteiger partial charge in [-0.3, -0.25) is 4.79 Å². The highest BCUT2D eigenvalue weighted by Crippen LogP contribution is 2.69. The van der Waals surface area contributed by atoms with Gasteiger partial charge in [-0.1, -0.05) is 32.9 Å². The molecule has 6 rings (SSSR count). The summed E-state index contributed by atoms with van der Waals surface area (Å²) in [6.45, 7) is 6.52. The molecule has 4 aliphatic rings. The summed E-state index contributed by atoms with van der Waals surface area (Å²) in [6.07, 6.45) is 9.64. The normalized spacial score (nSPS) is 34.2. The van der Waals surface area contributed by atoms with Gasteiger partial charge in [0.2, 0.25) is 0 Å². The fourth-order valence-electron chi connectivity index (χ4n) is 10.9. The number of hydrogen-bond acceptors (Lipinski definition) is 10. The number of aromatic hydroxyl groups is 4. The SMILES string of the molecule is C[C@H](CCC(=O)O)[C@H]1CC[C@H]2[C@@H]3[C@H](OC(=O)/C=C/c4ccc(O)c(O)c4)C[C@H]4C[C@H](OC(=O)/C=C/c5ccc(O)c(O)c5)CC[C@]4(C)[C@H]3C[C@H](O)[C@]12C. The zero-order valence-corrected chi connectivity index (χ0v) is 30.6. The smallest absolute Gasteiger partial charge is 0.331 e. The van der Waals surface area contributed by atoms with Crippen LogP contribution in [0.2, 0.25) is 0 Å². The number of esters is 2. The number of phenols is 4. The second-order valence-electron chi connectivity index (χ2n) is 16.4. The molecule has 11 nitrogen and oxygen atoms in total. The van der Waals surface area contributed by atoms with Gasteiger partial charge < -0.3 is 40.1 Å². The van der Waals surface area contributed by atoms with Crippen LogP contribution in [0.4, 0.5) is 0 Å². The molecule has 0 saturated heterocycles. The van der Waals surface area contributed by atoms with Crippen LogP contribution in [0.25, 0.3) is 12.2 Å². The number of hydrogen-bond donors (Lipinski definition) is 6. The van der Waals surface area contributed by atoms with Gasteiger partial charge in [0.1, 0.15) is 12.2 Å². The van der Waals surface area contributed by atoms with Crippen LogP contribution in [-0.2, 0) is 23.9 Å². The van der Waals surface area contributed by atoms with E-state index in [9.17, 15) is 45.0 Å². The van der Waals surface area contributed by atoms with Crippen LogP contribution in [-0.4, -0.2) is 66.9 Å². The predicted molar refractivity (Wildman–Crippen MR) is 195 cm³/mol. The van der Waals surface area contributed by atoms with E-state index < -0.39 is 35.5 Å². The topological polar surface area (TPSA) is 191 Å². The van der Waals surface area contributed by atoms with Gasteiger partial charge in [0, 0.05) is 24.5 Å². The molecule has 11 atom stereocenters. The van der Waals surface area contributed by atoms with Crippen LogP contribution < -0.4 is 0 Å². The molecule has 4 saturated carbocycles. The molecule has 4 fully saturated rings. The zero-order valence-electron chi connectivity index (χ0n) is 30.6. The molecule has 0 unspecified atom stereocenters. The van der Waals surface area contributed by atoms with Gasteiger partial charge >= 0.3 is 17.9 Å². The number of carboxylic acids is 1. The number of carboxylic acid groups (broad SMARTS) is 1. The van der Waals surface area contributed by atoms with Crippen LogP contribution in [0.5, 0.6) is 23.0 Å². The molecule has 2 aromatic rings. The third kappa shape index (κ3) is 7.63. The number of ether oxygens (including phenoxy) is 2. The fraction of sp³-hybridized carbons (Fsp3) is 0.548. The largest absolute Gasteiger partial charge is 0.504 e. The number of carbonyl (C=O) groups is 3. The molecule has 6 N–H and O–H groups in total. The number of benzene rings is 2. The van der Waals surface area contributed by atoms with Gasteiger partial charge in [0.15, 0.2) is 23.0 Å². The van der Waals surface area contributed by atoms with E-state index in [-0.39, 0.29) is 76.4 Å². The number of rotatable bonds is 10. The third-order valence-electron chi connectivity index (χ3n) is 13.7. The first-order valence-corrected chi connectivity index (χ1v) is 18.8. The Hall–Kier alpha value is -4.51. The lowest BCUT2D eigenvalue weighted by molar-refractivity contribution is -0.216. The Bertz CT molecular complexity index is 1770. The van der Waals surface area contributed by atoms with Crippen molar-refractivity contribution in [2.75, 3.05) is 0 Å². The molecule has 0 aromatic heterocycles. The molecule has 0 radical (unpaired) electrons. The summed E-state index contributed by atoms with van der Waals surface area (Å²) >= 11 is 0. The number of aliphatic hydroxyl groups is 1. The van der Waals surface area contributed by atoms with Crippen molar-refractivity contribution in [1.82, 2.24) is 0 Å². The van der Waals surface area contributed by atoms with E-state index >= 15 is 0 Å². The molecule has 53 heavy (non-hydrogen) atoms. The molecule has 0 amide bonds.